The van der Waals surface area contributed by atoms with Crippen LogP contribution in [0.1, 0.15) is 24.5 Å². The molecule has 1 aliphatic heterocycles. The second kappa shape index (κ2) is 7.69. The van der Waals surface area contributed by atoms with E-state index in [9.17, 15) is 18.8 Å². The fourth-order valence-corrected chi connectivity index (χ4v) is 5.89. The van der Waals surface area contributed by atoms with Crippen molar-refractivity contribution in [2.45, 2.75) is 37.9 Å². The van der Waals surface area contributed by atoms with Crippen LogP contribution in [0, 0.1) is 58.0 Å². The third kappa shape index (κ3) is 3.34. The molecule has 7 heteroatoms. The summed E-state index contributed by atoms with van der Waals surface area (Å²) in [6, 6.07) is 11.7. The Kier molecular flexibility index (Phi) is 4.95. The Morgan fingerprint density at radius 3 is 2.50 bits per heavy atom. The van der Waals surface area contributed by atoms with Gasteiger partial charge in [-0.15, -0.1) is 0 Å². The average Bonchev–Trinajstić information content (AvgIpc) is 3.13. The lowest BCUT2D eigenvalue weighted by Crippen LogP contribution is -2.51. The first kappa shape index (κ1) is 20.6. The summed E-state index contributed by atoms with van der Waals surface area (Å²) in [6.07, 6.45) is 1.06. The van der Waals surface area contributed by atoms with E-state index in [4.69, 9.17) is 5.26 Å². The largest absolute Gasteiger partial charge is 0.339 e. The molecule has 32 heavy (non-hydrogen) atoms. The third-order valence-corrected chi connectivity index (χ3v) is 7.48. The number of benzene rings is 2. The first-order valence-corrected chi connectivity index (χ1v) is 10.9. The molecule has 0 radical (unpaired) electrons. The number of piperidine rings is 1. The van der Waals surface area contributed by atoms with Gasteiger partial charge in [-0.2, -0.15) is 10.5 Å². The highest BCUT2D eigenvalue weighted by Crippen LogP contribution is 2.64. The maximum absolute atomic E-state index is 14.8. The van der Waals surface area contributed by atoms with Crippen molar-refractivity contribution >= 4 is 5.91 Å². The van der Waals surface area contributed by atoms with Crippen LogP contribution in [0.5, 0.6) is 0 Å². The minimum Gasteiger partial charge on any atom is -0.339 e. The number of nitrogens with zero attached hydrogens (tertiary/aromatic N) is 2. The molecule has 2 bridgehead atoms. The van der Waals surface area contributed by atoms with E-state index in [1.807, 2.05) is 0 Å². The smallest absolute Gasteiger partial charge is 0.238 e. The highest BCUT2D eigenvalue weighted by Gasteiger charge is 2.67. The van der Waals surface area contributed by atoms with E-state index in [2.05, 4.69) is 23.6 Å². The van der Waals surface area contributed by atoms with Crippen molar-refractivity contribution < 1.29 is 13.6 Å². The number of carbonyl (C=O) groups excluding carboxylic acids is 1. The summed E-state index contributed by atoms with van der Waals surface area (Å²) in [5, 5.41) is 24.6. The van der Waals surface area contributed by atoms with Gasteiger partial charge in [0.1, 0.15) is 23.7 Å². The molecule has 162 valence electrons. The fraction of sp³-hybridized carbons (Fsp3) is 0.400. The van der Waals surface area contributed by atoms with Crippen molar-refractivity contribution in [1.29, 1.82) is 10.5 Å². The van der Waals surface area contributed by atoms with Crippen LogP contribution in [0.2, 0.25) is 0 Å². The van der Waals surface area contributed by atoms with Crippen LogP contribution in [0.3, 0.4) is 0 Å². The van der Waals surface area contributed by atoms with Gasteiger partial charge in [0.2, 0.25) is 5.91 Å². The van der Waals surface area contributed by atoms with E-state index >= 15 is 0 Å². The number of hydrogen-bond donors (Lipinski definition) is 2. The van der Waals surface area contributed by atoms with Gasteiger partial charge in [-0.3, -0.25) is 4.79 Å². The van der Waals surface area contributed by atoms with Gasteiger partial charge in [0.05, 0.1) is 17.7 Å². The Balaban J connectivity index is 1.26. The number of fused-ring (bicyclic) bond motifs is 5. The molecule has 1 heterocycles. The van der Waals surface area contributed by atoms with E-state index in [1.54, 1.807) is 24.3 Å². The Morgan fingerprint density at radius 2 is 1.88 bits per heavy atom. The van der Waals surface area contributed by atoms with Crippen LogP contribution in [0.4, 0.5) is 8.78 Å². The van der Waals surface area contributed by atoms with Gasteiger partial charge in [-0.1, -0.05) is 25.1 Å². The minimum absolute atomic E-state index is 0.0410. The van der Waals surface area contributed by atoms with Crippen molar-refractivity contribution in [3.05, 3.63) is 59.2 Å². The molecule has 1 saturated heterocycles. The fourth-order valence-electron chi connectivity index (χ4n) is 5.89. The molecule has 7 atom stereocenters. The molecule has 0 spiro atoms. The Labute approximate surface area is 185 Å². The van der Waals surface area contributed by atoms with Gasteiger partial charge in [0, 0.05) is 12.5 Å². The summed E-state index contributed by atoms with van der Waals surface area (Å²) in [6.45, 7) is 2.23. The number of hydrogen-bond acceptors (Lipinski definition) is 4. The van der Waals surface area contributed by atoms with Crippen molar-refractivity contribution in [3.63, 3.8) is 0 Å². The maximum atomic E-state index is 14.8. The predicted molar refractivity (Wildman–Crippen MR) is 113 cm³/mol. The number of amides is 1. The number of rotatable bonds is 5. The Hall–Kier alpha value is -3.29. The number of carbonyl (C=O) groups is 1. The summed E-state index contributed by atoms with van der Waals surface area (Å²) in [5.74, 6) is 0.891. The number of halogens is 2. The minimum atomic E-state index is -0.844. The van der Waals surface area contributed by atoms with Crippen LogP contribution in [0.15, 0.2) is 36.4 Å². The van der Waals surface area contributed by atoms with E-state index in [1.165, 1.54) is 18.2 Å². The molecule has 2 aliphatic carbocycles. The molecule has 2 N–H and O–H groups in total. The lowest BCUT2D eigenvalue weighted by atomic mass is 9.94. The highest BCUT2D eigenvalue weighted by molar-refractivity contribution is 5.83. The molecule has 2 saturated carbocycles. The zero-order valence-corrected chi connectivity index (χ0v) is 17.5. The quantitative estimate of drug-likeness (QED) is 0.759. The topological polar surface area (TPSA) is 88.7 Å². The molecule has 3 fully saturated rings. The first-order valence-electron chi connectivity index (χ1n) is 10.9. The maximum Gasteiger partial charge on any atom is 0.238 e. The van der Waals surface area contributed by atoms with Crippen molar-refractivity contribution in [2.24, 2.45) is 23.7 Å². The molecule has 3 unspecified atom stereocenters. The standard InChI is InChI=1S/C25H22F2N4O/c1-12-22-18-9-21(23(12)22)31-24(18)25(32)30-17(11-29)6-15-4-2-13(7-19(15)26)14-3-5-16(10-28)20(27)8-14/h2-5,7-8,12,17-18,21-24,31H,6,9H2,1H3,(H,30,32)/t12?,17-,18+,21-,22?,23?,24-/m0/s1. The van der Waals surface area contributed by atoms with Gasteiger partial charge < -0.3 is 10.6 Å². The monoisotopic (exact) mass is 432 g/mol. The van der Waals surface area contributed by atoms with Crippen molar-refractivity contribution in [3.8, 4) is 23.3 Å². The van der Waals surface area contributed by atoms with Gasteiger partial charge in [0.15, 0.2) is 0 Å². The molecule has 2 aromatic carbocycles. The van der Waals surface area contributed by atoms with E-state index in [0.717, 1.165) is 6.42 Å². The summed E-state index contributed by atoms with van der Waals surface area (Å²) in [5.41, 5.74) is 1.14. The molecule has 5 rings (SSSR count). The first-order chi connectivity index (χ1) is 15.4. The van der Waals surface area contributed by atoms with Crippen LogP contribution in [0.25, 0.3) is 11.1 Å². The summed E-state index contributed by atoms with van der Waals surface area (Å²) < 4.78 is 28.6. The summed E-state index contributed by atoms with van der Waals surface area (Å²) >= 11 is 0. The van der Waals surface area contributed by atoms with Gasteiger partial charge >= 0.3 is 0 Å². The molecule has 1 amide bonds. The van der Waals surface area contributed by atoms with Crippen molar-refractivity contribution in [2.75, 3.05) is 0 Å². The lowest BCUT2D eigenvalue weighted by Gasteiger charge is -2.23. The summed E-state index contributed by atoms with van der Waals surface area (Å²) in [4.78, 5) is 12.8. The Morgan fingerprint density at radius 1 is 1.16 bits per heavy atom. The Bertz CT molecular complexity index is 1180. The molecular weight excluding hydrogens is 410 g/mol. The van der Waals surface area contributed by atoms with Gasteiger partial charge in [-0.25, -0.2) is 8.78 Å². The molecule has 3 aliphatic rings. The van der Waals surface area contributed by atoms with Gasteiger partial charge in [0.25, 0.3) is 0 Å². The predicted octanol–water partition coefficient (Wildman–Crippen LogP) is 3.30. The second-order valence-corrected chi connectivity index (χ2v) is 9.17. The molecular formula is C25H22F2N4O. The summed E-state index contributed by atoms with van der Waals surface area (Å²) in [7, 11) is 0. The zero-order chi connectivity index (χ0) is 22.6. The molecule has 0 aromatic heterocycles. The number of nitrogens with one attached hydrogen (secondary N) is 2. The van der Waals surface area contributed by atoms with Crippen LogP contribution < -0.4 is 10.6 Å². The van der Waals surface area contributed by atoms with E-state index < -0.39 is 17.7 Å². The third-order valence-electron chi connectivity index (χ3n) is 7.48. The van der Waals surface area contributed by atoms with Crippen LogP contribution >= 0.6 is 0 Å². The average molecular weight is 432 g/mol. The number of nitriles is 2. The molecule has 5 nitrogen and oxygen atoms in total. The SMILES string of the molecule is CC1C2C1[C@H]1C[C@@H]2N[C@@H]1C(=O)N[C@H](C#N)Cc1ccc(-c2ccc(C#N)c(F)c2)cc1F. The lowest BCUT2D eigenvalue weighted by molar-refractivity contribution is -0.124. The van der Waals surface area contributed by atoms with Crippen LogP contribution in [-0.4, -0.2) is 24.0 Å². The van der Waals surface area contributed by atoms with Crippen LogP contribution in [-0.2, 0) is 11.2 Å². The normalized spacial score (nSPS) is 30.2. The highest BCUT2D eigenvalue weighted by atomic mass is 19.1. The van der Waals surface area contributed by atoms with Crippen molar-refractivity contribution in [1.82, 2.24) is 10.6 Å². The van der Waals surface area contributed by atoms with Gasteiger partial charge in [-0.05, 0) is 65.0 Å². The second-order valence-electron chi connectivity index (χ2n) is 9.17. The van der Waals surface area contributed by atoms with E-state index in [-0.39, 0.29) is 23.9 Å². The zero-order valence-electron chi connectivity index (χ0n) is 17.5. The van der Waals surface area contributed by atoms with E-state index in [0.29, 0.717) is 46.4 Å². The molecule has 2 aromatic rings.